The van der Waals surface area contributed by atoms with E-state index in [2.05, 4.69) is 76.0 Å². The van der Waals surface area contributed by atoms with E-state index in [0.29, 0.717) is 6.42 Å². The Morgan fingerprint density at radius 3 is 2.43 bits per heavy atom. The molecule has 1 saturated heterocycles. The Kier molecular flexibility index (Phi) is 7.82. The van der Waals surface area contributed by atoms with Crippen molar-refractivity contribution >= 4 is 35.0 Å². The highest BCUT2D eigenvalue weighted by Gasteiger charge is 2.33. The van der Waals surface area contributed by atoms with Gasteiger partial charge >= 0.3 is 0 Å². The SMILES string of the molecule is Cl.OC(CCN1CCC2CCC(C2)C1)(Cc1ccccc1)c1ccc(I)cc1. The molecule has 1 aliphatic carbocycles. The first-order valence-corrected chi connectivity index (χ1v) is 11.4. The molecule has 2 aromatic rings. The van der Waals surface area contributed by atoms with Gasteiger partial charge in [0.15, 0.2) is 0 Å². The Hall–Kier alpha value is -0.620. The number of rotatable bonds is 6. The fraction of sp³-hybridized carbons (Fsp3) is 0.500. The molecule has 4 heteroatoms. The van der Waals surface area contributed by atoms with Crippen molar-refractivity contribution in [2.24, 2.45) is 11.8 Å². The maximum absolute atomic E-state index is 11.7. The zero-order valence-corrected chi connectivity index (χ0v) is 19.4. The standard InChI is InChI=1S/C24H30INO.ClH/c25-23-10-8-22(9-11-23)24(27,17-20-4-2-1-3-5-20)13-15-26-14-12-19-6-7-21(16-19)18-26;/h1-5,8-11,19,21,27H,6-7,12-18H2;1H. The van der Waals surface area contributed by atoms with Gasteiger partial charge in [-0.15, -0.1) is 12.4 Å². The van der Waals surface area contributed by atoms with Gasteiger partial charge in [0.25, 0.3) is 0 Å². The van der Waals surface area contributed by atoms with Gasteiger partial charge in [0.05, 0.1) is 5.60 Å². The van der Waals surface area contributed by atoms with Gasteiger partial charge in [0.2, 0.25) is 0 Å². The lowest BCUT2D eigenvalue weighted by molar-refractivity contribution is 0.0160. The maximum atomic E-state index is 11.7. The molecule has 0 spiro atoms. The Labute approximate surface area is 189 Å². The number of likely N-dealkylation sites (tertiary alicyclic amines) is 1. The lowest BCUT2D eigenvalue weighted by Crippen LogP contribution is -2.37. The Morgan fingerprint density at radius 2 is 1.68 bits per heavy atom. The van der Waals surface area contributed by atoms with Crippen molar-refractivity contribution in [3.8, 4) is 0 Å². The molecule has 1 saturated carbocycles. The fourth-order valence-electron chi connectivity index (χ4n) is 5.00. The number of aliphatic hydroxyl groups is 1. The van der Waals surface area contributed by atoms with E-state index in [0.717, 1.165) is 30.4 Å². The third kappa shape index (κ3) is 5.50. The fourth-order valence-corrected chi connectivity index (χ4v) is 5.36. The van der Waals surface area contributed by atoms with Gasteiger partial charge in [0.1, 0.15) is 0 Å². The summed E-state index contributed by atoms with van der Waals surface area (Å²) in [5.74, 6) is 1.84. The van der Waals surface area contributed by atoms with Crippen LogP contribution in [0.4, 0.5) is 0 Å². The van der Waals surface area contributed by atoms with Crippen molar-refractivity contribution in [1.82, 2.24) is 4.90 Å². The molecule has 1 N–H and O–H groups in total. The van der Waals surface area contributed by atoms with E-state index in [1.54, 1.807) is 0 Å². The lowest BCUT2D eigenvalue weighted by Gasteiger charge is -2.33. The minimum atomic E-state index is -0.809. The summed E-state index contributed by atoms with van der Waals surface area (Å²) in [6.45, 7) is 3.42. The van der Waals surface area contributed by atoms with E-state index in [-0.39, 0.29) is 12.4 Å². The number of nitrogens with zero attached hydrogens (tertiary/aromatic N) is 1. The minimum absolute atomic E-state index is 0. The van der Waals surface area contributed by atoms with Gasteiger partial charge in [-0.2, -0.15) is 0 Å². The molecule has 4 rings (SSSR count). The highest BCUT2D eigenvalue weighted by molar-refractivity contribution is 14.1. The first-order valence-electron chi connectivity index (χ1n) is 10.4. The maximum Gasteiger partial charge on any atom is 0.0948 e. The first kappa shape index (κ1) is 22.1. The van der Waals surface area contributed by atoms with Crippen LogP contribution in [-0.2, 0) is 12.0 Å². The summed E-state index contributed by atoms with van der Waals surface area (Å²) >= 11 is 2.33. The van der Waals surface area contributed by atoms with Gasteiger partial charge in [-0.3, -0.25) is 0 Å². The molecule has 0 aromatic heterocycles. The van der Waals surface area contributed by atoms with E-state index < -0.39 is 5.60 Å². The van der Waals surface area contributed by atoms with Crippen molar-refractivity contribution in [1.29, 1.82) is 0 Å². The van der Waals surface area contributed by atoms with E-state index >= 15 is 0 Å². The Morgan fingerprint density at radius 1 is 0.964 bits per heavy atom. The predicted octanol–water partition coefficient (Wildman–Crippen LogP) is 5.66. The average molecular weight is 512 g/mol. The minimum Gasteiger partial charge on any atom is -0.385 e. The molecule has 1 heterocycles. The summed E-state index contributed by atoms with van der Waals surface area (Å²) in [7, 11) is 0. The zero-order valence-electron chi connectivity index (χ0n) is 16.4. The molecule has 2 fully saturated rings. The van der Waals surface area contributed by atoms with Crippen molar-refractivity contribution in [3.63, 3.8) is 0 Å². The molecular formula is C24H31ClINO. The number of halogens is 2. The summed E-state index contributed by atoms with van der Waals surface area (Å²) in [5.41, 5.74) is 1.44. The molecule has 2 bridgehead atoms. The monoisotopic (exact) mass is 511 g/mol. The molecule has 2 aliphatic rings. The van der Waals surface area contributed by atoms with Crippen LogP contribution >= 0.6 is 35.0 Å². The van der Waals surface area contributed by atoms with Crippen LogP contribution in [0.1, 0.15) is 43.2 Å². The van der Waals surface area contributed by atoms with Crippen molar-refractivity contribution in [3.05, 3.63) is 69.3 Å². The van der Waals surface area contributed by atoms with Gasteiger partial charge in [-0.25, -0.2) is 0 Å². The second kappa shape index (κ2) is 9.92. The Bertz CT molecular complexity index is 738. The molecule has 1 aliphatic heterocycles. The van der Waals surface area contributed by atoms with Crippen LogP contribution in [0.3, 0.4) is 0 Å². The molecule has 3 unspecified atom stereocenters. The van der Waals surface area contributed by atoms with Crippen molar-refractivity contribution in [2.75, 3.05) is 19.6 Å². The van der Waals surface area contributed by atoms with Crippen molar-refractivity contribution < 1.29 is 5.11 Å². The van der Waals surface area contributed by atoms with Crippen LogP contribution in [0.15, 0.2) is 54.6 Å². The number of hydrogen-bond donors (Lipinski definition) is 1. The summed E-state index contributed by atoms with van der Waals surface area (Å²) in [6.07, 6.45) is 7.10. The highest BCUT2D eigenvalue weighted by Crippen LogP contribution is 2.37. The van der Waals surface area contributed by atoms with Crippen LogP contribution < -0.4 is 0 Å². The van der Waals surface area contributed by atoms with E-state index in [1.807, 2.05) is 6.07 Å². The molecule has 152 valence electrons. The molecule has 28 heavy (non-hydrogen) atoms. The number of benzene rings is 2. The summed E-state index contributed by atoms with van der Waals surface area (Å²) in [5, 5.41) is 11.7. The zero-order chi connectivity index (χ0) is 18.7. The quantitative estimate of drug-likeness (QED) is 0.506. The summed E-state index contributed by atoms with van der Waals surface area (Å²) in [4.78, 5) is 2.62. The van der Waals surface area contributed by atoms with Crippen LogP contribution in [0.25, 0.3) is 0 Å². The second-order valence-corrected chi connectivity index (χ2v) is 9.83. The summed E-state index contributed by atoms with van der Waals surface area (Å²) < 4.78 is 1.21. The topological polar surface area (TPSA) is 23.5 Å². The molecule has 0 radical (unpaired) electrons. The van der Waals surface area contributed by atoms with Crippen molar-refractivity contribution in [2.45, 2.75) is 44.1 Å². The largest absolute Gasteiger partial charge is 0.385 e. The van der Waals surface area contributed by atoms with Crippen LogP contribution in [0.2, 0.25) is 0 Å². The molecular weight excluding hydrogens is 481 g/mol. The van der Waals surface area contributed by atoms with E-state index in [9.17, 15) is 5.11 Å². The Balaban J connectivity index is 0.00000225. The second-order valence-electron chi connectivity index (χ2n) is 8.59. The van der Waals surface area contributed by atoms with Crippen LogP contribution in [-0.4, -0.2) is 29.6 Å². The van der Waals surface area contributed by atoms with Crippen LogP contribution in [0.5, 0.6) is 0 Å². The van der Waals surface area contributed by atoms with Gasteiger partial charge in [-0.05, 0) is 89.9 Å². The lowest BCUT2D eigenvalue weighted by atomic mass is 9.84. The molecule has 3 atom stereocenters. The smallest absolute Gasteiger partial charge is 0.0948 e. The molecule has 2 aromatic carbocycles. The third-order valence-electron chi connectivity index (χ3n) is 6.58. The van der Waals surface area contributed by atoms with Gasteiger partial charge in [-0.1, -0.05) is 48.9 Å². The van der Waals surface area contributed by atoms with E-state index in [4.69, 9.17) is 0 Å². The van der Waals surface area contributed by atoms with Gasteiger partial charge < -0.3 is 10.0 Å². The van der Waals surface area contributed by atoms with E-state index in [1.165, 1.54) is 47.9 Å². The molecule has 2 nitrogen and oxygen atoms in total. The first-order chi connectivity index (χ1) is 13.1. The highest BCUT2D eigenvalue weighted by atomic mass is 127. The summed E-state index contributed by atoms with van der Waals surface area (Å²) in [6, 6.07) is 18.9. The molecule has 0 amide bonds. The average Bonchev–Trinajstić information content (AvgIpc) is 3.01. The normalized spacial score (nSPS) is 24.2. The van der Waals surface area contributed by atoms with Crippen LogP contribution in [0, 0.1) is 15.4 Å². The number of hydrogen-bond acceptors (Lipinski definition) is 2. The predicted molar refractivity (Wildman–Crippen MR) is 127 cm³/mol. The van der Waals surface area contributed by atoms with Gasteiger partial charge in [0, 0.05) is 23.1 Å². The third-order valence-corrected chi connectivity index (χ3v) is 7.30. The number of fused-ring (bicyclic) bond motifs is 2.